The monoisotopic (exact) mass is 317 g/mol. The van der Waals surface area contributed by atoms with Gasteiger partial charge in [0, 0.05) is 13.1 Å². The number of esters is 1. The van der Waals surface area contributed by atoms with Gasteiger partial charge in [-0.3, -0.25) is 0 Å². The molecule has 0 saturated carbocycles. The summed E-state index contributed by atoms with van der Waals surface area (Å²) in [6.07, 6.45) is 4.30. The largest absolute Gasteiger partial charge is 0.467 e. The summed E-state index contributed by atoms with van der Waals surface area (Å²) < 4.78 is 10.4. The van der Waals surface area contributed by atoms with Crippen LogP contribution in [0, 0.1) is 0 Å². The van der Waals surface area contributed by atoms with Crippen molar-refractivity contribution in [1.82, 2.24) is 9.80 Å². The minimum atomic E-state index is -0.322. The van der Waals surface area contributed by atoms with Crippen LogP contribution >= 0.6 is 0 Å². The number of carbonyl (C=O) groups is 1. The first-order valence-electron chi connectivity index (χ1n) is 8.29. The van der Waals surface area contributed by atoms with Gasteiger partial charge in [-0.05, 0) is 53.0 Å². The van der Waals surface area contributed by atoms with Crippen LogP contribution in [0.15, 0.2) is 0 Å². The number of nitrogens with zero attached hydrogens (tertiary/aromatic N) is 2. The number of unbranched alkanes of at least 4 members (excludes halogenated alkanes) is 1. The van der Waals surface area contributed by atoms with E-state index in [0.29, 0.717) is 6.54 Å². The Morgan fingerprint density at radius 1 is 1.14 bits per heavy atom. The van der Waals surface area contributed by atoms with Gasteiger partial charge in [-0.25, -0.2) is 4.79 Å². The molecule has 0 rings (SSSR count). The van der Waals surface area contributed by atoms with Crippen molar-refractivity contribution in [3.8, 4) is 0 Å². The molecule has 0 aliphatic heterocycles. The molecule has 6 nitrogen and oxygen atoms in total. The second kappa shape index (κ2) is 13.9. The highest BCUT2D eigenvalue weighted by Crippen LogP contribution is 2.05. The van der Waals surface area contributed by atoms with Crippen LogP contribution in [-0.4, -0.2) is 82.4 Å². The molecule has 132 valence electrons. The lowest BCUT2D eigenvalue weighted by Gasteiger charge is -2.26. The Balaban J connectivity index is 4.22. The predicted molar refractivity (Wildman–Crippen MR) is 89.9 cm³/mol. The fourth-order valence-electron chi connectivity index (χ4n) is 2.18. The van der Waals surface area contributed by atoms with Crippen molar-refractivity contribution in [3.05, 3.63) is 0 Å². The standard InChI is InChI=1S/C16H35N3O3/c1-5-6-10-19(3)13-15(22-14-16(20)21-4)8-12-18(2)11-7-9-17/h15H,5-14,17H2,1-4H3. The molecule has 0 fully saturated rings. The molecular formula is C16H35N3O3. The van der Waals surface area contributed by atoms with Crippen LogP contribution < -0.4 is 5.73 Å². The number of hydrogen-bond donors (Lipinski definition) is 1. The number of likely N-dealkylation sites (N-methyl/N-ethyl adjacent to an activating group) is 1. The molecule has 0 saturated heterocycles. The van der Waals surface area contributed by atoms with E-state index in [1.807, 2.05) is 0 Å². The van der Waals surface area contributed by atoms with E-state index in [4.69, 9.17) is 10.5 Å². The molecule has 0 aliphatic carbocycles. The van der Waals surface area contributed by atoms with Crippen LogP contribution in [0.1, 0.15) is 32.6 Å². The van der Waals surface area contributed by atoms with E-state index < -0.39 is 0 Å². The first-order chi connectivity index (χ1) is 10.5. The molecule has 0 aromatic carbocycles. The van der Waals surface area contributed by atoms with Crippen LogP contribution in [0.4, 0.5) is 0 Å². The van der Waals surface area contributed by atoms with Crippen molar-refractivity contribution in [2.75, 3.05) is 60.5 Å². The van der Waals surface area contributed by atoms with Crippen molar-refractivity contribution < 1.29 is 14.3 Å². The lowest BCUT2D eigenvalue weighted by atomic mass is 10.2. The van der Waals surface area contributed by atoms with Gasteiger partial charge in [-0.1, -0.05) is 13.3 Å². The van der Waals surface area contributed by atoms with Gasteiger partial charge in [0.15, 0.2) is 0 Å². The molecular weight excluding hydrogens is 282 g/mol. The first-order valence-corrected chi connectivity index (χ1v) is 8.29. The molecule has 0 radical (unpaired) electrons. The summed E-state index contributed by atoms with van der Waals surface area (Å²) in [6, 6.07) is 0. The molecule has 2 N–H and O–H groups in total. The third kappa shape index (κ3) is 11.9. The van der Waals surface area contributed by atoms with Crippen LogP contribution in [0.2, 0.25) is 0 Å². The third-order valence-electron chi connectivity index (χ3n) is 3.65. The zero-order chi connectivity index (χ0) is 16.8. The Labute approximate surface area is 135 Å². The zero-order valence-electron chi connectivity index (χ0n) is 14.8. The summed E-state index contributed by atoms with van der Waals surface area (Å²) in [5, 5.41) is 0. The molecule has 0 spiro atoms. The van der Waals surface area contributed by atoms with Gasteiger partial charge in [-0.15, -0.1) is 0 Å². The van der Waals surface area contributed by atoms with Crippen molar-refractivity contribution in [2.24, 2.45) is 5.73 Å². The van der Waals surface area contributed by atoms with Crippen molar-refractivity contribution >= 4 is 5.97 Å². The molecule has 22 heavy (non-hydrogen) atoms. The summed E-state index contributed by atoms with van der Waals surface area (Å²) in [6.45, 7) is 6.74. The number of carbonyl (C=O) groups excluding carboxylic acids is 1. The van der Waals surface area contributed by atoms with Crippen molar-refractivity contribution in [1.29, 1.82) is 0 Å². The third-order valence-corrected chi connectivity index (χ3v) is 3.65. The van der Waals surface area contributed by atoms with Gasteiger partial charge >= 0.3 is 5.97 Å². The van der Waals surface area contributed by atoms with Gasteiger partial charge in [0.2, 0.25) is 0 Å². The average molecular weight is 317 g/mol. The fraction of sp³-hybridized carbons (Fsp3) is 0.938. The van der Waals surface area contributed by atoms with E-state index in [0.717, 1.165) is 39.0 Å². The van der Waals surface area contributed by atoms with Crippen LogP contribution in [0.3, 0.4) is 0 Å². The molecule has 0 aromatic heterocycles. The zero-order valence-corrected chi connectivity index (χ0v) is 14.8. The van der Waals surface area contributed by atoms with E-state index in [1.54, 1.807) is 0 Å². The molecule has 0 aromatic rings. The van der Waals surface area contributed by atoms with Gasteiger partial charge in [0.05, 0.1) is 13.2 Å². The highest BCUT2D eigenvalue weighted by molar-refractivity contribution is 5.70. The minimum absolute atomic E-state index is 0.0231. The Morgan fingerprint density at radius 2 is 1.82 bits per heavy atom. The quantitative estimate of drug-likeness (QED) is 0.481. The Bertz CT molecular complexity index is 277. The maximum Gasteiger partial charge on any atom is 0.331 e. The minimum Gasteiger partial charge on any atom is -0.467 e. The van der Waals surface area contributed by atoms with Crippen LogP contribution in [0.5, 0.6) is 0 Å². The van der Waals surface area contributed by atoms with Crippen molar-refractivity contribution in [2.45, 2.75) is 38.7 Å². The second-order valence-corrected chi connectivity index (χ2v) is 5.86. The molecule has 0 heterocycles. The van der Waals surface area contributed by atoms with E-state index in [1.165, 1.54) is 20.0 Å². The Morgan fingerprint density at radius 3 is 2.41 bits per heavy atom. The highest BCUT2D eigenvalue weighted by Gasteiger charge is 2.15. The number of methoxy groups -OCH3 is 1. The molecule has 1 unspecified atom stereocenters. The number of rotatable bonds is 14. The van der Waals surface area contributed by atoms with E-state index in [9.17, 15) is 4.79 Å². The maximum absolute atomic E-state index is 11.3. The van der Waals surface area contributed by atoms with Crippen LogP contribution in [0.25, 0.3) is 0 Å². The molecule has 6 heteroatoms. The average Bonchev–Trinajstić information content (AvgIpc) is 2.52. The summed E-state index contributed by atoms with van der Waals surface area (Å²) in [7, 11) is 5.57. The topological polar surface area (TPSA) is 68.0 Å². The highest BCUT2D eigenvalue weighted by atomic mass is 16.6. The van der Waals surface area contributed by atoms with Crippen LogP contribution in [-0.2, 0) is 14.3 Å². The maximum atomic E-state index is 11.3. The number of ether oxygens (including phenoxy) is 2. The normalized spacial score (nSPS) is 12.9. The van der Waals surface area contributed by atoms with E-state index in [-0.39, 0.29) is 18.7 Å². The van der Waals surface area contributed by atoms with Gasteiger partial charge in [-0.2, -0.15) is 0 Å². The first kappa shape index (κ1) is 21.3. The molecule has 0 aliphatic rings. The second-order valence-electron chi connectivity index (χ2n) is 5.86. The predicted octanol–water partition coefficient (Wildman–Crippen LogP) is 0.947. The molecule has 0 bridgehead atoms. The Kier molecular flexibility index (Phi) is 13.5. The fourth-order valence-corrected chi connectivity index (χ4v) is 2.18. The lowest BCUT2D eigenvalue weighted by molar-refractivity contribution is -0.148. The van der Waals surface area contributed by atoms with Gasteiger partial charge in [0.1, 0.15) is 6.61 Å². The summed E-state index contributed by atoms with van der Waals surface area (Å²) in [4.78, 5) is 15.8. The SMILES string of the molecule is CCCCN(C)CC(CCN(C)CCCN)OCC(=O)OC. The lowest BCUT2D eigenvalue weighted by Crippen LogP contribution is -2.36. The summed E-state index contributed by atoms with van der Waals surface area (Å²) in [5.74, 6) is -0.322. The van der Waals surface area contributed by atoms with E-state index in [2.05, 4.69) is 35.6 Å². The van der Waals surface area contributed by atoms with E-state index >= 15 is 0 Å². The van der Waals surface area contributed by atoms with Gasteiger partial charge < -0.3 is 25.0 Å². The number of hydrogen-bond acceptors (Lipinski definition) is 6. The van der Waals surface area contributed by atoms with Gasteiger partial charge in [0.25, 0.3) is 0 Å². The molecule has 1 atom stereocenters. The number of nitrogens with two attached hydrogens (primary N) is 1. The summed E-state index contributed by atoms with van der Waals surface area (Å²) >= 11 is 0. The van der Waals surface area contributed by atoms with Crippen molar-refractivity contribution in [3.63, 3.8) is 0 Å². The molecule has 0 amide bonds. The smallest absolute Gasteiger partial charge is 0.331 e. The summed E-state index contributed by atoms with van der Waals surface area (Å²) in [5.41, 5.74) is 5.53. The Hall–Kier alpha value is -0.690.